The molecule has 128 valence electrons. The average Bonchev–Trinajstić information content (AvgIpc) is 3.07. The number of nitrogens with zero attached hydrogens (tertiary/aromatic N) is 3. The second kappa shape index (κ2) is 6.21. The minimum absolute atomic E-state index is 0.0366. The molecule has 0 spiro atoms. The molecule has 4 aromatic rings. The number of hydrogen-bond donors (Lipinski definition) is 3. The van der Waals surface area contributed by atoms with Crippen molar-refractivity contribution in [3.05, 3.63) is 72.7 Å². The van der Waals surface area contributed by atoms with Crippen LogP contribution >= 0.6 is 0 Å². The highest BCUT2D eigenvalue weighted by Gasteiger charge is 2.14. The molecule has 0 aliphatic carbocycles. The van der Waals surface area contributed by atoms with Crippen molar-refractivity contribution in [1.82, 2.24) is 14.5 Å². The van der Waals surface area contributed by atoms with Crippen LogP contribution in [0.5, 0.6) is 5.75 Å². The molecule has 0 unspecified atom stereocenters. The van der Waals surface area contributed by atoms with Gasteiger partial charge in [0.05, 0.1) is 5.69 Å². The minimum atomic E-state index is -0.323. The predicted octanol–water partition coefficient (Wildman–Crippen LogP) is 3.15. The Balaban J connectivity index is 1.69. The molecule has 2 aromatic heterocycles. The number of phenolic OH excluding ortho intramolecular Hbond substituents is 1. The number of rotatable bonds is 3. The third kappa shape index (κ3) is 2.93. The van der Waals surface area contributed by atoms with E-state index in [-0.39, 0.29) is 23.3 Å². The lowest BCUT2D eigenvalue weighted by Gasteiger charge is -2.09. The fraction of sp³-hybridized carbons (Fsp3) is 0. The van der Waals surface area contributed by atoms with Gasteiger partial charge in [-0.15, -0.1) is 0 Å². The largest absolute Gasteiger partial charge is 0.506 e. The Morgan fingerprint density at radius 3 is 2.35 bits per heavy atom. The normalized spacial score (nSPS) is 10.8. The monoisotopic (exact) mass is 345 g/mol. The zero-order valence-electron chi connectivity index (χ0n) is 13.6. The number of nitrogen functional groups attached to an aromatic ring is 1. The van der Waals surface area contributed by atoms with E-state index in [2.05, 4.69) is 15.3 Å². The summed E-state index contributed by atoms with van der Waals surface area (Å²) >= 11 is 0. The molecule has 0 saturated carbocycles. The molecule has 4 N–H and O–H groups in total. The van der Waals surface area contributed by atoms with E-state index in [0.717, 1.165) is 10.8 Å². The van der Waals surface area contributed by atoms with E-state index in [0.29, 0.717) is 11.5 Å². The highest BCUT2D eigenvalue weighted by Crippen LogP contribution is 2.25. The van der Waals surface area contributed by atoms with E-state index >= 15 is 0 Å². The first-order chi connectivity index (χ1) is 12.6. The third-order valence-corrected chi connectivity index (χ3v) is 3.92. The first-order valence-electron chi connectivity index (χ1n) is 7.91. The van der Waals surface area contributed by atoms with Gasteiger partial charge in [-0.1, -0.05) is 36.4 Å². The van der Waals surface area contributed by atoms with Crippen LogP contribution in [0.3, 0.4) is 0 Å². The predicted molar refractivity (Wildman–Crippen MR) is 99.5 cm³/mol. The van der Waals surface area contributed by atoms with Gasteiger partial charge in [-0.25, -0.2) is 4.98 Å². The van der Waals surface area contributed by atoms with Crippen molar-refractivity contribution < 1.29 is 9.90 Å². The van der Waals surface area contributed by atoms with Crippen molar-refractivity contribution in [2.24, 2.45) is 0 Å². The highest BCUT2D eigenvalue weighted by atomic mass is 16.3. The van der Waals surface area contributed by atoms with Crippen molar-refractivity contribution in [3.8, 4) is 5.75 Å². The van der Waals surface area contributed by atoms with E-state index in [1.807, 2.05) is 24.3 Å². The summed E-state index contributed by atoms with van der Waals surface area (Å²) in [6.45, 7) is 0. The second-order valence-corrected chi connectivity index (χ2v) is 5.74. The molecule has 0 saturated heterocycles. The Labute approximate surface area is 148 Å². The summed E-state index contributed by atoms with van der Waals surface area (Å²) in [6.07, 6.45) is 3.48. The number of anilines is 3. The van der Waals surface area contributed by atoms with E-state index in [4.69, 9.17) is 5.73 Å². The van der Waals surface area contributed by atoms with E-state index in [1.165, 1.54) is 10.6 Å². The quantitative estimate of drug-likeness (QED) is 0.493. The molecule has 4 rings (SSSR count). The number of carbonyl (C=O) groups excluding carboxylic acids is 1. The van der Waals surface area contributed by atoms with Crippen LogP contribution < -0.4 is 11.1 Å². The van der Waals surface area contributed by atoms with Crippen LogP contribution in [0.25, 0.3) is 10.8 Å². The Morgan fingerprint density at radius 2 is 1.65 bits per heavy atom. The lowest BCUT2D eigenvalue weighted by atomic mass is 10.2. The molecule has 7 heteroatoms. The molecule has 26 heavy (non-hydrogen) atoms. The maximum atomic E-state index is 12.8. The number of nitrogens with two attached hydrogens (primary N) is 1. The standard InChI is InChI=1S/C19H15N5O2/c20-19-22-15(9-17(23-19)21-14-7-3-4-8-16(14)25)18(26)24-10-12-5-1-2-6-13(12)11-24/h1-11,25H,(H3,20,21,22,23). The van der Waals surface area contributed by atoms with Crippen molar-refractivity contribution in [3.63, 3.8) is 0 Å². The number of benzene rings is 2. The highest BCUT2D eigenvalue weighted by molar-refractivity contribution is 5.98. The molecule has 0 amide bonds. The molecule has 0 aliphatic rings. The van der Waals surface area contributed by atoms with E-state index < -0.39 is 0 Å². The van der Waals surface area contributed by atoms with Crippen LogP contribution in [-0.4, -0.2) is 25.5 Å². The van der Waals surface area contributed by atoms with Crippen LogP contribution in [0.15, 0.2) is 67.0 Å². The van der Waals surface area contributed by atoms with Crippen molar-refractivity contribution in [2.45, 2.75) is 0 Å². The van der Waals surface area contributed by atoms with Crippen LogP contribution in [0, 0.1) is 0 Å². The van der Waals surface area contributed by atoms with Gasteiger partial charge in [0.15, 0.2) is 0 Å². The number of aromatic hydroxyl groups is 1. The lowest BCUT2D eigenvalue weighted by Crippen LogP contribution is -2.14. The van der Waals surface area contributed by atoms with Crippen LogP contribution in [-0.2, 0) is 0 Å². The second-order valence-electron chi connectivity index (χ2n) is 5.74. The maximum Gasteiger partial charge on any atom is 0.280 e. The topological polar surface area (TPSA) is 106 Å². The van der Waals surface area contributed by atoms with Gasteiger partial charge < -0.3 is 16.2 Å². The molecule has 0 aliphatic heterocycles. The fourth-order valence-electron chi connectivity index (χ4n) is 2.69. The number of fused-ring (bicyclic) bond motifs is 1. The molecule has 0 atom stereocenters. The van der Waals surface area contributed by atoms with Gasteiger partial charge in [0.2, 0.25) is 5.95 Å². The van der Waals surface area contributed by atoms with Crippen molar-refractivity contribution >= 4 is 34.1 Å². The number of para-hydroxylation sites is 2. The number of phenols is 1. The van der Waals surface area contributed by atoms with E-state index in [1.54, 1.807) is 36.7 Å². The average molecular weight is 345 g/mol. The molecular formula is C19H15N5O2. The molecule has 0 bridgehead atoms. The van der Waals surface area contributed by atoms with Crippen LogP contribution in [0.1, 0.15) is 10.5 Å². The number of hydrogen-bond acceptors (Lipinski definition) is 6. The molecule has 2 heterocycles. The van der Waals surface area contributed by atoms with Gasteiger partial charge in [0, 0.05) is 18.5 Å². The summed E-state index contributed by atoms with van der Waals surface area (Å²) in [7, 11) is 0. The molecule has 0 fully saturated rings. The Morgan fingerprint density at radius 1 is 1.00 bits per heavy atom. The van der Waals surface area contributed by atoms with Gasteiger partial charge in [-0.3, -0.25) is 9.36 Å². The Hall–Kier alpha value is -3.87. The Bertz CT molecular complexity index is 1090. The maximum absolute atomic E-state index is 12.8. The van der Waals surface area contributed by atoms with Gasteiger partial charge >= 0.3 is 0 Å². The summed E-state index contributed by atoms with van der Waals surface area (Å²) < 4.78 is 1.47. The Kier molecular flexibility index (Phi) is 3.74. The number of nitrogens with one attached hydrogen (secondary N) is 1. The summed E-state index contributed by atoms with van der Waals surface area (Å²) in [5, 5.41) is 14.7. The zero-order valence-corrected chi connectivity index (χ0v) is 13.6. The van der Waals surface area contributed by atoms with Gasteiger partial charge in [0.25, 0.3) is 5.91 Å². The summed E-state index contributed by atoms with van der Waals surface area (Å²) in [4.78, 5) is 20.9. The van der Waals surface area contributed by atoms with Crippen LogP contribution in [0.4, 0.5) is 17.5 Å². The van der Waals surface area contributed by atoms with Crippen molar-refractivity contribution in [1.29, 1.82) is 0 Å². The smallest absolute Gasteiger partial charge is 0.280 e. The SMILES string of the molecule is Nc1nc(Nc2ccccc2O)cc(C(=O)n2cc3ccccc3c2)n1. The fourth-order valence-corrected chi connectivity index (χ4v) is 2.69. The van der Waals surface area contributed by atoms with Crippen molar-refractivity contribution in [2.75, 3.05) is 11.1 Å². The molecule has 0 radical (unpaired) electrons. The number of aromatic nitrogens is 3. The molecule has 2 aromatic carbocycles. The first-order valence-corrected chi connectivity index (χ1v) is 7.91. The van der Waals surface area contributed by atoms with Gasteiger partial charge in [-0.2, -0.15) is 4.98 Å². The summed E-state index contributed by atoms with van der Waals surface area (Å²) in [6, 6.07) is 15.9. The summed E-state index contributed by atoms with van der Waals surface area (Å²) in [5.41, 5.74) is 6.36. The minimum Gasteiger partial charge on any atom is -0.506 e. The molecular weight excluding hydrogens is 330 g/mol. The summed E-state index contributed by atoms with van der Waals surface area (Å²) in [5.74, 6) is 0.0226. The molecule has 7 nitrogen and oxygen atoms in total. The van der Waals surface area contributed by atoms with Gasteiger partial charge in [0.1, 0.15) is 17.3 Å². The van der Waals surface area contributed by atoms with Crippen LogP contribution in [0.2, 0.25) is 0 Å². The lowest BCUT2D eigenvalue weighted by molar-refractivity contribution is 0.0955. The zero-order chi connectivity index (χ0) is 18.1. The van der Waals surface area contributed by atoms with E-state index in [9.17, 15) is 9.90 Å². The number of carbonyl (C=O) groups is 1. The van der Waals surface area contributed by atoms with Gasteiger partial charge in [-0.05, 0) is 22.9 Å². The first kappa shape index (κ1) is 15.6. The third-order valence-electron chi connectivity index (χ3n) is 3.92.